The fraction of sp³-hybridized carbons (Fsp3) is 0.607. The Morgan fingerprint density at radius 3 is 2.36 bits per heavy atom. The molecule has 180 valence electrons. The number of ether oxygens (including phenoxy) is 1. The van der Waals surface area contributed by atoms with Gasteiger partial charge in [-0.05, 0) is 56.7 Å². The number of rotatable bonds is 9. The monoisotopic (exact) mass is 452 g/mol. The second kappa shape index (κ2) is 10.7. The number of hydrogen-bond acceptors (Lipinski definition) is 5. The van der Waals surface area contributed by atoms with Crippen molar-refractivity contribution in [3.05, 3.63) is 41.1 Å². The van der Waals surface area contributed by atoms with E-state index in [4.69, 9.17) is 9.73 Å². The second-order valence-electron chi connectivity index (χ2n) is 10.1. The molecule has 2 atom stereocenters. The van der Waals surface area contributed by atoms with Gasteiger partial charge in [0.2, 0.25) is 0 Å². The summed E-state index contributed by atoms with van der Waals surface area (Å²) in [5.74, 6) is -1.06. The predicted octanol–water partition coefficient (Wildman–Crippen LogP) is 6.08. The molecule has 1 unspecified atom stereocenters. The third-order valence-electron chi connectivity index (χ3n) is 6.93. The van der Waals surface area contributed by atoms with Crippen LogP contribution in [0.15, 0.2) is 40.5 Å². The third-order valence-corrected chi connectivity index (χ3v) is 6.93. The van der Waals surface area contributed by atoms with Crippen molar-refractivity contribution in [2.24, 2.45) is 16.3 Å². The van der Waals surface area contributed by atoms with Crippen molar-refractivity contribution >= 4 is 23.2 Å². The summed E-state index contributed by atoms with van der Waals surface area (Å²) >= 11 is 0. The molecule has 1 aliphatic heterocycles. The van der Waals surface area contributed by atoms with Crippen molar-refractivity contribution in [1.82, 2.24) is 0 Å². The summed E-state index contributed by atoms with van der Waals surface area (Å²) in [6.45, 7) is 14.8. The molecule has 5 heteroatoms. The number of carbonyl (C=O) groups is 2. The van der Waals surface area contributed by atoms with Crippen LogP contribution in [0.4, 0.5) is 5.69 Å². The van der Waals surface area contributed by atoms with Gasteiger partial charge in [0.1, 0.15) is 5.92 Å². The number of ketones is 1. The van der Waals surface area contributed by atoms with Gasteiger partial charge < -0.3 is 9.64 Å². The van der Waals surface area contributed by atoms with Crippen LogP contribution in [0.3, 0.4) is 0 Å². The standard InChI is InChI=1S/C28H40N2O3/c1-7-10-11-16-33-27(32)24-19(4)29-22-17-28(5,6)18-23(31)26(22)25(24)20-12-14-21(15-13-20)30(8-2)9-3/h12-15,24-25H,7-11,16-18H2,1-6H3/t24?,25-/m0/s1. The van der Waals surface area contributed by atoms with E-state index < -0.39 is 5.92 Å². The summed E-state index contributed by atoms with van der Waals surface area (Å²) in [5, 5.41) is 0. The Bertz CT molecular complexity index is 923. The lowest BCUT2D eigenvalue weighted by Gasteiger charge is -2.39. The lowest BCUT2D eigenvalue weighted by atomic mass is 9.67. The number of allylic oxidation sites excluding steroid dienone is 2. The molecule has 0 N–H and O–H groups in total. The number of aliphatic imine (C=N–C) groups is 1. The molecule has 1 heterocycles. The van der Waals surface area contributed by atoms with Gasteiger partial charge in [-0.25, -0.2) is 0 Å². The van der Waals surface area contributed by atoms with E-state index in [0.29, 0.717) is 18.6 Å². The van der Waals surface area contributed by atoms with Crippen LogP contribution in [0.25, 0.3) is 0 Å². The normalized spacial score (nSPS) is 22.0. The molecule has 0 saturated heterocycles. The van der Waals surface area contributed by atoms with Gasteiger partial charge in [-0.2, -0.15) is 0 Å². The average molecular weight is 453 g/mol. The molecular weight excluding hydrogens is 412 g/mol. The predicted molar refractivity (Wildman–Crippen MR) is 135 cm³/mol. The van der Waals surface area contributed by atoms with Gasteiger partial charge in [0, 0.05) is 48.1 Å². The quantitative estimate of drug-likeness (QED) is 0.336. The van der Waals surface area contributed by atoms with E-state index in [9.17, 15) is 9.59 Å². The highest BCUT2D eigenvalue weighted by Crippen LogP contribution is 2.48. The Hall–Kier alpha value is -2.43. The molecule has 1 aliphatic carbocycles. The van der Waals surface area contributed by atoms with Gasteiger partial charge in [-0.1, -0.05) is 45.7 Å². The Kier molecular flexibility index (Phi) is 8.14. The van der Waals surface area contributed by atoms with E-state index in [-0.39, 0.29) is 23.1 Å². The molecule has 0 bridgehead atoms. The Morgan fingerprint density at radius 2 is 1.76 bits per heavy atom. The Labute approximate surface area is 199 Å². The molecule has 5 nitrogen and oxygen atoms in total. The highest BCUT2D eigenvalue weighted by molar-refractivity contribution is 6.09. The minimum Gasteiger partial charge on any atom is -0.465 e. The van der Waals surface area contributed by atoms with E-state index >= 15 is 0 Å². The number of unbranched alkanes of at least 4 members (excludes halogenated alkanes) is 2. The molecule has 0 amide bonds. The molecule has 1 aromatic rings. The van der Waals surface area contributed by atoms with E-state index in [1.807, 2.05) is 6.92 Å². The summed E-state index contributed by atoms with van der Waals surface area (Å²) in [5.41, 5.74) is 4.32. The zero-order valence-electron chi connectivity index (χ0n) is 21.2. The van der Waals surface area contributed by atoms with E-state index in [1.165, 1.54) is 0 Å². The summed E-state index contributed by atoms with van der Waals surface area (Å²) in [6.07, 6.45) is 4.19. The first-order valence-corrected chi connectivity index (χ1v) is 12.5. The van der Waals surface area contributed by atoms with Gasteiger partial charge in [-0.15, -0.1) is 0 Å². The number of nitrogens with zero attached hydrogens (tertiary/aromatic N) is 2. The van der Waals surface area contributed by atoms with Crippen molar-refractivity contribution in [3.63, 3.8) is 0 Å². The first-order valence-electron chi connectivity index (χ1n) is 12.5. The third kappa shape index (κ3) is 5.56. The fourth-order valence-corrected chi connectivity index (χ4v) is 5.21. The first-order chi connectivity index (χ1) is 15.7. The summed E-state index contributed by atoms with van der Waals surface area (Å²) < 4.78 is 5.70. The van der Waals surface area contributed by atoms with E-state index in [0.717, 1.165) is 61.4 Å². The number of esters is 1. The van der Waals surface area contributed by atoms with Crippen LogP contribution in [-0.4, -0.2) is 37.2 Å². The van der Waals surface area contributed by atoms with Crippen molar-refractivity contribution in [2.45, 2.75) is 79.6 Å². The molecule has 33 heavy (non-hydrogen) atoms. The largest absolute Gasteiger partial charge is 0.465 e. The average Bonchev–Trinajstić information content (AvgIpc) is 2.76. The molecule has 0 radical (unpaired) electrons. The number of anilines is 1. The maximum absolute atomic E-state index is 13.4. The van der Waals surface area contributed by atoms with Gasteiger partial charge >= 0.3 is 5.97 Å². The highest BCUT2D eigenvalue weighted by atomic mass is 16.5. The second-order valence-corrected chi connectivity index (χ2v) is 10.1. The minimum absolute atomic E-state index is 0.110. The number of benzene rings is 1. The van der Waals surface area contributed by atoms with E-state index in [2.05, 4.69) is 63.8 Å². The number of Topliss-reactive ketones (excluding diaryl/α,β-unsaturated/α-hetero) is 1. The molecule has 0 aromatic heterocycles. The fourth-order valence-electron chi connectivity index (χ4n) is 5.21. The van der Waals surface area contributed by atoms with Gasteiger partial charge in [0.25, 0.3) is 0 Å². The molecule has 3 rings (SSSR count). The topological polar surface area (TPSA) is 59.0 Å². The molecule has 2 aliphatic rings. The maximum Gasteiger partial charge on any atom is 0.315 e. The molecule has 0 saturated carbocycles. The lowest BCUT2D eigenvalue weighted by molar-refractivity contribution is -0.146. The summed E-state index contributed by atoms with van der Waals surface area (Å²) in [4.78, 5) is 33.8. The van der Waals surface area contributed by atoms with Crippen molar-refractivity contribution in [1.29, 1.82) is 0 Å². The smallest absolute Gasteiger partial charge is 0.315 e. The van der Waals surface area contributed by atoms with Crippen molar-refractivity contribution < 1.29 is 14.3 Å². The van der Waals surface area contributed by atoms with Crippen LogP contribution in [0.2, 0.25) is 0 Å². The first kappa shape index (κ1) is 25.2. The zero-order valence-corrected chi connectivity index (χ0v) is 21.2. The summed E-state index contributed by atoms with van der Waals surface area (Å²) in [6, 6.07) is 8.35. The lowest BCUT2D eigenvalue weighted by Crippen LogP contribution is -2.39. The SMILES string of the molecule is CCCCCOC(=O)C1C(C)=NC2=C(C(=O)CC(C)(C)C2)[C@H]1c1ccc(N(CC)CC)cc1. The van der Waals surface area contributed by atoms with Crippen molar-refractivity contribution in [3.8, 4) is 0 Å². The molecule has 0 spiro atoms. The zero-order chi connectivity index (χ0) is 24.2. The summed E-state index contributed by atoms with van der Waals surface area (Å²) in [7, 11) is 0. The maximum atomic E-state index is 13.4. The van der Waals surface area contributed by atoms with E-state index in [1.54, 1.807) is 0 Å². The molecule has 0 fully saturated rings. The molecule has 1 aromatic carbocycles. The van der Waals surface area contributed by atoms with Crippen molar-refractivity contribution in [2.75, 3.05) is 24.6 Å². The van der Waals surface area contributed by atoms with Crippen LogP contribution in [0, 0.1) is 11.3 Å². The van der Waals surface area contributed by atoms with Gasteiger partial charge in [0.15, 0.2) is 5.78 Å². The highest BCUT2D eigenvalue weighted by Gasteiger charge is 2.46. The minimum atomic E-state index is -0.560. The molecular formula is C28H40N2O3. The van der Waals surface area contributed by atoms with Gasteiger partial charge in [0.05, 0.1) is 6.61 Å². The van der Waals surface area contributed by atoms with Crippen LogP contribution in [0.1, 0.15) is 85.1 Å². The van der Waals surface area contributed by atoms with Crippen LogP contribution < -0.4 is 4.90 Å². The Balaban J connectivity index is 2.01. The Morgan fingerprint density at radius 1 is 1.09 bits per heavy atom. The van der Waals surface area contributed by atoms with Crippen LogP contribution >= 0.6 is 0 Å². The van der Waals surface area contributed by atoms with Crippen LogP contribution in [-0.2, 0) is 14.3 Å². The number of hydrogen-bond donors (Lipinski definition) is 0. The number of carbonyl (C=O) groups excluding carboxylic acids is 2. The van der Waals surface area contributed by atoms with Gasteiger partial charge in [-0.3, -0.25) is 14.6 Å². The van der Waals surface area contributed by atoms with Crippen LogP contribution in [0.5, 0.6) is 0 Å².